The van der Waals surface area contributed by atoms with Gasteiger partial charge < -0.3 is 19.4 Å². The quantitative estimate of drug-likeness (QED) is 0.310. The zero-order valence-electron chi connectivity index (χ0n) is 21.2. The predicted octanol–water partition coefficient (Wildman–Crippen LogP) is 5.11. The largest absolute Gasteiger partial charge is 0.586 e. The van der Waals surface area contributed by atoms with E-state index in [0.29, 0.717) is 40.7 Å². The third-order valence-corrected chi connectivity index (χ3v) is 6.99. The second-order valence-electron chi connectivity index (χ2n) is 9.79. The van der Waals surface area contributed by atoms with Crippen LogP contribution in [0.25, 0.3) is 33.4 Å². The van der Waals surface area contributed by atoms with Gasteiger partial charge in [-0.15, -0.1) is 8.78 Å². The van der Waals surface area contributed by atoms with Crippen LogP contribution in [0.1, 0.15) is 12.8 Å². The molecule has 1 saturated carbocycles. The highest BCUT2D eigenvalue weighted by atomic mass is 19.3. The molecular formula is C29H20F3N5O4. The Balaban J connectivity index is 1.24. The molecule has 1 fully saturated rings. The number of H-pyrrole nitrogens is 1. The average Bonchev–Trinajstić information content (AvgIpc) is 3.55. The fourth-order valence-electron chi connectivity index (χ4n) is 4.98. The molecule has 5 aromatic rings. The molecule has 3 heterocycles. The summed E-state index contributed by atoms with van der Waals surface area (Å²) in [5.74, 6) is -1.30. The number of aromatic nitrogens is 4. The van der Waals surface area contributed by atoms with Gasteiger partial charge in [-0.25, -0.2) is 14.1 Å². The number of carbonyl (C=O) groups is 1. The van der Waals surface area contributed by atoms with Crippen LogP contribution in [-0.4, -0.2) is 38.0 Å². The van der Waals surface area contributed by atoms with Gasteiger partial charge in [0.1, 0.15) is 18.1 Å². The molecular weight excluding hydrogens is 539 g/mol. The minimum atomic E-state index is -3.79. The number of alkyl halides is 2. The molecule has 0 atom stereocenters. The van der Waals surface area contributed by atoms with Crippen LogP contribution >= 0.6 is 0 Å². The topological polar surface area (TPSA) is 102 Å². The maximum Gasteiger partial charge on any atom is 0.586 e. The van der Waals surface area contributed by atoms with Crippen molar-refractivity contribution >= 4 is 22.6 Å². The molecule has 9 nitrogen and oxygen atoms in total. The average molecular weight is 560 g/mol. The van der Waals surface area contributed by atoms with Crippen molar-refractivity contribution in [2.45, 2.75) is 31.7 Å². The Hall–Kier alpha value is -5.13. The molecule has 3 aromatic carbocycles. The fourth-order valence-corrected chi connectivity index (χ4v) is 4.98. The van der Waals surface area contributed by atoms with Crippen LogP contribution < -0.4 is 19.9 Å². The van der Waals surface area contributed by atoms with Gasteiger partial charge >= 0.3 is 6.29 Å². The molecule has 1 N–H and O–H groups in total. The van der Waals surface area contributed by atoms with Gasteiger partial charge in [0.2, 0.25) is 5.91 Å². The first-order valence-electron chi connectivity index (χ1n) is 12.8. The lowest BCUT2D eigenvalue weighted by Crippen LogP contribution is -2.39. The highest BCUT2D eigenvalue weighted by molar-refractivity contribution is 5.95. The highest BCUT2D eigenvalue weighted by Crippen LogP contribution is 2.44. The van der Waals surface area contributed by atoms with Crippen LogP contribution in [0, 0.1) is 5.82 Å². The number of nitrogens with zero attached hydrogens (tertiary/aromatic N) is 4. The summed E-state index contributed by atoms with van der Waals surface area (Å²) in [6.07, 6.45) is -1.05. The molecule has 12 heteroatoms. The molecule has 0 radical (unpaired) electrons. The summed E-state index contributed by atoms with van der Waals surface area (Å²) < 4.78 is 52.3. The molecule has 0 saturated heterocycles. The zero-order valence-corrected chi connectivity index (χ0v) is 21.2. The van der Waals surface area contributed by atoms with Gasteiger partial charge in [0.25, 0.3) is 5.56 Å². The van der Waals surface area contributed by atoms with Gasteiger partial charge in [-0.2, -0.15) is 5.10 Å². The second-order valence-corrected chi connectivity index (χ2v) is 9.79. The van der Waals surface area contributed by atoms with E-state index in [0.717, 1.165) is 4.68 Å². The first kappa shape index (κ1) is 24.9. The Morgan fingerprint density at radius 3 is 2.56 bits per heavy atom. The van der Waals surface area contributed by atoms with E-state index in [-0.39, 0.29) is 28.8 Å². The third-order valence-electron chi connectivity index (χ3n) is 6.99. The monoisotopic (exact) mass is 559 g/mol. The summed E-state index contributed by atoms with van der Waals surface area (Å²) in [6.45, 7) is -0.458. The van der Waals surface area contributed by atoms with E-state index in [1.165, 1.54) is 35.5 Å². The number of aromatic amines is 1. The summed E-state index contributed by atoms with van der Waals surface area (Å²) in [4.78, 5) is 35.3. The lowest BCUT2D eigenvalue weighted by atomic mass is 10.0. The Labute approximate surface area is 229 Å². The van der Waals surface area contributed by atoms with E-state index < -0.39 is 30.1 Å². The minimum Gasteiger partial charge on any atom is -0.395 e. The molecule has 0 bridgehead atoms. The third kappa shape index (κ3) is 4.46. The number of benzene rings is 3. The van der Waals surface area contributed by atoms with Crippen LogP contribution in [-0.2, 0) is 11.3 Å². The number of halogens is 3. The lowest BCUT2D eigenvalue weighted by molar-refractivity contribution is -0.286. The van der Waals surface area contributed by atoms with Gasteiger partial charge in [0.15, 0.2) is 17.0 Å². The van der Waals surface area contributed by atoms with Crippen molar-refractivity contribution in [3.05, 3.63) is 89.2 Å². The summed E-state index contributed by atoms with van der Waals surface area (Å²) >= 11 is 0. The van der Waals surface area contributed by atoms with Crippen molar-refractivity contribution in [3.8, 4) is 33.9 Å². The molecule has 206 valence electrons. The number of ether oxygens (including phenoxy) is 2. The van der Waals surface area contributed by atoms with E-state index in [1.54, 1.807) is 24.3 Å². The highest BCUT2D eigenvalue weighted by Gasteiger charge is 2.44. The van der Waals surface area contributed by atoms with E-state index >= 15 is 4.39 Å². The SMILES string of the molecule is O=C(Cn1nc(-c2ccc(-c3ccccc3)c(F)c2)c2[nH]cnc2c1=O)N(c1ccc2c(c1)OC(F)(F)O2)C1CC1. The molecule has 0 spiro atoms. The number of amides is 1. The number of fused-ring (bicyclic) bond motifs is 2. The van der Waals surface area contributed by atoms with Crippen molar-refractivity contribution in [2.24, 2.45) is 0 Å². The van der Waals surface area contributed by atoms with Crippen LogP contribution in [0.3, 0.4) is 0 Å². The maximum absolute atomic E-state index is 15.2. The molecule has 0 unspecified atom stereocenters. The Kier molecular flexibility index (Phi) is 5.59. The van der Waals surface area contributed by atoms with Crippen molar-refractivity contribution < 1.29 is 27.4 Å². The molecule has 1 amide bonds. The van der Waals surface area contributed by atoms with Crippen molar-refractivity contribution in [1.29, 1.82) is 0 Å². The van der Waals surface area contributed by atoms with E-state index in [9.17, 15) is 18.4 Å². The van der Waals surface area contributed by atoms with Crippen molar-refractivity contribution in [2.75, 3.05) is 4.90 Å². The molecule has 1 aliphatic carbocycles. The summed E-state index contributed by atoms with van der Waals surface area (Å²) in [7, 11) is 0. The Morgan fingerprint density at radius 2 is 1.80 bits per heavy atom. The standard InChI is InChI=1S/C29H20F3N5O4/c30-21-12-17(6-10-20(21)16-4-2-1-3-5-16)25-26-27(34-15-33-26)28(39)36(35-25)14-24(38)37(18-7-8-18)19-9-11-22-23(13-19)41-29(31,32)40-22/h1-6,9-13,15,18H,7-8,14H2,(H,33,34). The predicted molar refractivity (Wildman–Crippen MR) is 142 cm³/mol. The van der Waals surface area contributed by atoms with Gasteiger partial charge in [0.05, 0.1) is 11.8 Å². The van der Waals surface area contributed by atoms with Gasteiger partial charge in [0, 0.05) is 28.9 Å². The number of imidazole rings is 1. The first-order chi connectivity index (χ1) is 19.8. The lowest BCUT2D eigenvalue weighted by Gasteiger charge is -2.23. The summed E-state index contributed by atoms with van der Waals surface area (Å²) in [6, 6.07) is 17.6. The van der Waals surface area contributed by atoms with Crippen LogP contribution in [0.2, 0.25) is 0 Å². The van der Waals surface area contributed by atoms with Crippen LogP contribution in [0.4, 0.5) is 18.9 Å². The number of anilines is 1. The number of hydrogen-bond donors (Lipinski definition) is 1. The van der Waals surface area contributed by atoms with Crippen LogP contribution in [0.5, 0.6) is 11.5 Å². The van der Waals surface area contributed by atoms with Crippen molar-refractivity contribution in [1.82, 2.24) is 19.7 Å². The van der Waals surface area contributed by atoms with Gasteiger partial charge in [-0.05, 0) is 36.6 Å². The molecule has 2 aromatic heterocycles. The van der Waals surface area contributed by atoms with Crippen molar-refractivity contribution in [3.63, 3.8) is 0 Å². The van der Waals surface area contributed by atoms with Gasteiger partial charge in [-0.3, -0.25) is 9.59 Å². The van der Waals surface area contributed by atoms with E-state index in [1.807, 2.05) is 18.2 Å². The van der Waals surface area contributed by atoms with E-state index in [4.69, 9.17) is 0 Å². The molecule has 2 aliphatic rings. The second kappa shape index (κ2) is 9.22. The zero-order chi connectivity index (χ0) is 28.3. The van der Waals surface area contributed by atoms with E-state index in [2.05, 4.69) is 24.5 Å². The maximum atomic E-state index is 15.2. The Bertz CT molecular complexity index is 1890. The fraction of sp³-hybridized carbons (Fsp3) is 0.172. The van der Waals surface area contributed by atoms with Gasteiger partial charge in [-0.1, -0.05) is 42.5 Å². The first-order valence-corrected chi connectivity index (χ1v) is 12.8. The molecule has 7 rings (SSSR count). The summed E-state index contributed by atoms with van der Waals surface area (Å²) in [5, 5.41) is 4.43. The molecule has 41 heavy (non-hydrogen) atoms. The normalized spacial score (nSPS) is 15.3. The minimum absolute atomic E-state index is 0.0404. The number of rotatable bonds is 6. The number of carbonyl (C=O) groups excluding carboxylic acids is 1. The number of hydrogen-bond acceptors (Lipinski definition) is 6. The smallest absolute Gasteiger partial charge is 0.395 e. The molecule has 1 aliphatic heterocycles. The number of nitrogens with one attached hydrogen (secondary N) is 1. The Morgan fingerprint density at radius 1 is 1.02 bits per heavy atom. The summed E-state index contributed by atoms with van der Waals surface area (Å²) in [5.41, 5.74) is 1.80. The van der Waals surface area contributed by atoms with Crippen LogP contribution in [0.15, 0.2) is 77.9 Å².